The van der Waals surface area contributed by atoms with Gasteiger partial charge < -0.3 is 15.4 Å². The van der Waals surface area contributed by atoms with Gasteiger partial charge in [0.25, 0.3) is 0 Å². The molecule has 0 radical (unpaired) electrons. The van der Waals surface area contributed by atoms with Gasteiger partial charge in [-0.25, -0.2) is 0 Å². The van der Waals surface area contributed by atoms with Crippen LogP contribution in [-0.2, 0) is 14.3 Å². The number of rotatable bonds is 7. The minimum atomic E-state index is -0.320. The minimum absolute atomic E-state index is 0.179. The number of ether oxygens (including phenoxy) is 1. The third-order valence-corrected chi connectivity index (χ3v) is 3.30. The van der Waals surface area contributed by atoms with Gasteiger partial charge in [-0.15, -0.1) is 0 Å². The van der Waals surface area contributed by atoms with Crippen molar-refractivity contribution in [2.45, 2.75) is 13.8 Å². The van der Waals surface area contributed by atoms with Crippen LogP contribution in [-0.4, -0.2) is 30.8 Å². The number of hydrogen-bond donors (Lipinski definition) is 2. The number of anilines is 2. The fourth-order valence-electron chi connectivity index (χ4n) is 2.18. The van der Waals surface area contributed by atoms with E-state index in [1.54, 1.807) is 30.3 Å². The summed E-state index contributed by atoms with van der Waals surface area (Å²) in [6, 6.07) is 13.9. The maximum absolute atomic E-state index is 12.0. The summed E-state index contributed by atoms with van der Waals surface area (Å²) in [6.45, 7) is 2.95. The zero-order valence-corrected chi connectivity index (χ0v) is 14.2. The van der Waals surface area contributed by atoms with Crippen LogP contribution in [0.15, 0.2) is 48.5 Å². The second kappa shape index (κ2) is 8.75. The van der Waals surface area contributed by atoms with Crippen molar-refractivity contribution in [1.29, 1.82) is 0 Å². The third-order valence-electron chi connectivity index (χ3n) is 3.30. The quantitative estimate of drug-likeness (QED) is 0.759. The van der Waals surface area contributed by atoms with Crippen molar-refractivity contribution in [1.82, 2.24) is 0 Å². The summed E-state index contributed by atoms with van der Waals surface area (Å²) in [5.74, 6) is -0.737. The lowest BCUT2D eigenvalue weighted by atomic mass is 10.1. The summed E-state index contributed by atoms with van der Waals surface area (Å²) in [4.78, 5) is 34.8. The molecule has 0 saturated heterocycles. The molecule has 0 aromatic heterocycles. The van der Waals surface area contributed by atoms with Gasteiger partial charge in [-0.2, -0.15) is 0 Å². The first-order chi connectivity index (χ1) is 11.9. The number of carbonyl (C=O) groups excluding carboxylic acids is 3. The molecule has 0 aliphatic heterocycles. The van der Waals surface area contributed by atoms with Gasteiger partial charge >= 0.3 is 0 Å². The highest BCUT2D eigenvalue weighted by Gasteiger charge is 2.09. The number of ketones is 1. The zero-order chi connectivity index (χ0) is 18.2. The summed E-state index contributed by atoms with van der Waals surface area (Å²) >= 11 is 0. The van der Waals surface area contributed by atoms with Gasteiger partial charge in [-0.05, 0) is 48.9 Å². The summed E-state index contributed by atoms with van der Waals surface area (Å²) in [5.41, 5.74) is 2.79. The lowest BCUT2D eigenvalue weighted by Crippen LogP contribution is -2.21. The molecule has 25 heavy (non-hydrogen) atoms. The molecule has 0 saturated carbocycles. The predicted molar refractivity (Wildman–Crippen MR) is 95.7 cm³/mol. The van der Waals surface area contributed by atoms with Crippen LogP contribution in [0.2, 0.25) is 0 Å². The standard InChI is InChI=1S/C19H20N2O4/c1-13-4-3-5-17(10-13)21-19(24)12-25-11-18(23)15-6-8-16(9-7-15)20-14(2)22/h3-10H,11-12H2,1-2H3,(H,20,22)(H,21,24). The van der Waals surface area contributed by atoms with E-state index in [4.69, 9.17) is 4.74 Å². The summed E-state index contributed by atoms with van der Waals surface area (Å²) in [7, 11) is 0. The number of Topliss-reactive ketones (excluding diaryl/α,β-unsaturated/α-hetero) is 1. The van der Waals surface area contributed by atoms with E-state index in [0.29, 0.717) is 16.9 Å². The van der Waals surface area contributed by atoms with Crippen LogP contribution < -0.4 is 10.6 Å². The predicted octanol–water partition coefficient (Wildman–Crippen LogP) is 2.79. The molecule has 6 heteroatoms. The Labute approximate surface area is 146 Å². The van der Waals surface area contributed by atoms with E-state index < -0.39 is 0 Å². The molecule has 0 unspecified atom stereocenters. The molecule has 2 rings (SSSR count). The number of amides is 2. The molecule has 0 atom stereocenters. The second-order valence-electron chi connectivity index (χ2n) is 5.59. The molecule has 0 fully saturated rings. The van der Waals surface area contributed by atoms with Gasteiger partial charge in [0.05, 0.1) is 0 Å². The van der Waals surface area contributed by atoms with Gasteiger partial charge in [-0.1, -0.05) is 12.1 Å². The maximum Gasteiger partial charge on any atom is 0.250 e. The average molecular weight is 340 g/mol. The maximum atomic E-state index is 12.0. The van der Waals surface area contributed by atoms with Crippen LogP contribution in [0.3, 0.4) is 0 Å². The highest BCUT2D eigenvalue weighted by atomic mass is 16.5. The Morgan fingerprint density at radius 3 is 2.28 bits per heavy atom. The van der Waals surface area contributed by atoms with E-state index >= 15 is 0 Å². The molecule has 2 amide bonds. The molecule has 0 heterocycles. The van der Waals surface area contributed by atoms with Crippen LogP contribution in [0.25, 0.3) is 0 Å². The number of benzene rings is 2. The second-order valence-corrected chi connectivity index (χ2v) is 5.59. The minimum Gasteiger partial charge on any atom is -0.363 e. The first kappa shape index (κ1) is 18.4. The van der Waals surface area contributed by atoms with Gasteiger partial charge in [0.2, 0.25) is 11.8 Å². The molecule has 130 valence electrons. The lowest BCUT2D eigenvalue weighted by molar-refractivity contribution is -0.120. The van der Waals surface area contributed by atoms with Crippen LogP contribution in [0, 0.1) is 6.92 Å². The van der Waals surface area contributed by atoms with Crippen molar-refractivity contribution in [2.24, 2.45) is 0 Å². The Kier molecular flexibility index (Phi) is 6.42. The lowest BCUT2D eigenvalue weighted by Gasteiger charge is -2.07. The fraction of sp³-hybridized carbons (Fsp3) is 0.211. The van der Waals surface area contributed by atoms with Crippen LogP contribution in [0.4, 0.5) is 11.4 Å². The average Bonchev–Trinajstić information content (AvgIpc) is 2.55. The molecule has 0 aliphatic rings. The molecular formula is C19H20N2O4. The molecule has 0 bridgehead atoms. The SMILES string of the molecule is CC(=O)Nc1ccc(C(=O)COCC(=O)Nc2cccc(C)c2)cc1. The Morgan fingerprint density at radius 1 is 0.920 bits per heavy atom. The number of nitrogens with one attached hydrogen (secondary N) is 2. The molecule has 6 nitrogen and oxygen atoms in total. The van der Waals surface area contributed by atoms with Gasteiger partial charge in [0.1, 0.15) is 13.2 Å². The Morgan fingerprint density at radius 2 is 1.64 bits per heavy atom. The van der Waals surface area contributed by atoms with Gasteiger partial charge in [-0.3, -0.25) is 14.4 Å². The normalized spacial score (nSPS) is 10.2. The first-order valence-electron chi connectivity index (χ1n) is 7.79. The Hall–Kier alpha value is -2.99. The van der Waals surface area contributed by atoms with Crippen molar-refractivity contribution in [3.05, 3.63) is 59.7 Å². The first-order valence-corrected chi connectivity index (χ1v) is 7.79. The van der Waals surface area contributed by atoms with E-state index in [1.807, 2.05) is 25.1 Å². The fourth-order valence-corrected chi connectivity index (χ4v) is 2.18. The Balaban J connectivity index is 1.77. The van der Waals surface area contributed by atoms with Gasteiger partial charge in [0, 0.05) is 23.9 Å². The van der Waals surface area contributed by atoms with Crippen molar-refractivity contribution in [2.75, 3.05) is 23.8 Å². The molecule has 2 aromatic carbocycles. The molecule has 2 N–H and O–H groups in total. The highest BCUT2D eigenvalue weighted by Crippen LogP contribution is 2.11. The third kappa shape index (κ3) is 6.19. The smallest absolute Gasteiger partial charge is 0.250 e. The van der Waals surface area contributed by atoms with Crippen LogP contribution in [0.5, 0.6) is 0 Å². The van der Waals surface area contributed by atoms with E-state index in [0.717, 1.165) is 5.56 Å². The van der Waals surface area contributed by atoms with E-state index in [-0.39, 0.29) is 30.8 Å². The summed E-state index contributed by atoms with van der Waals surface area (Å²) < 4.78 is 5.18. The van der Waals surface area contributed by atoms with Crippen LogP contribution in [0.1, 0.15) is 22.8 Å². The topological polar surface area (TPSA) is 84.5 Å². The molecule has 0 aliphatic carbocycles. The van der Waals surface area contributed by atoms with Crippen molar-refractivity contribution in [3.63, 3.8) is 0 Å². The highest BCUT2D eigenvalue weighted by molar-refractivity contribution is 5.98. The van der Waals surface area contributed by atoms with E-state index in [9.17, 15) is 14.4 Å². The molecule has 0 spiro atoms. The van der Waals surface area contributed by atoms with E-state index in [1.165, 1.54) is 6.92 Å². The monoisotopic (exact) mass is 340 g/mol. The van der Waals surface area contributed by atoms with Crippen molar-refractivity contribution in [3.8, 4) is 0 Å². The number of carbonyl (C=O) groups is 3. The summed E-state index contributed by atoms with van der Waals surface area (Å²) in [6.07, 6.45) is 0. The van der Waals surface area contributed by atoms with Crippen molar-refractivity contribution < 1.29 is 19.1 Å². The largest absolute Gasteiger partial charge is 0.363 e. The number of hydrogen-bond acceptors (Lipinski definition) is 4. The number of aryl methyl sites for hydroxylation is 1. The summed E-state index contributed by atoms with van der Waals surface area (Å²) in [5, 5.41) is 5.33. The molecular weight excluding hydrogens is 320 g/mol. The Bertz CT molecular complexity index is 769. The zero-order valence-electron chi connectivity index (χ0n) is 14.2. The van der Waals surface area contributed by atoms with Crippen LogP contribution >= 0.6 is 0 Å². The van der Waals surface area contributed by atoms with E-state index in [2.05, 4.69) is 10.6 Å². The molecule has 2 aromatic rings. The van der Waals surface area contributed by atoms with Gasteiger partial charge in [0.15, 0.2) is 5.78 Å². The van der Waals surface area contributed by atoms with Crippen molar-refractivity contribution >= 4 is 29.0 Å².